The van der Waals surface area contributed by atoms with E-state index in [1.807, 2.05) is 12.1 Å². The number of aryl methyl sites for hydroxylation is 1. The van der Waals surface area contributed by atoms with Crippen LogP contribution in [0.25, 0.3) is 5.65 Å². The van der Waals surface area contributed by atoms with Crippen molar-refractivity contribution < 1.29 is 13.2 Å². The van der Waals surface area contributed by atoms with Gasteiger partial charge in [0.2, 0.25) is 0 Å². The van der Waals surface area contributed by atoms with Gasteiger partial charge < -0.3 is 11.1 Å². The van der Waals surface area contributed by atoms with E-state index in [1.165, 1.54) is 28.0 Å². The van der Waals surface area contributed by atoms with Gasteiger partial charge in [0.25, 0.3) is 0 Å². The van der Waals surface area contributed by atoms with Crippen LogP contribution in [0.15, 0.2) is 41.5 Å². The molecule has 2 heterocycles. The van der Waals surface area contributed by atoms with Gasteiger partial charge in [0.05, 0.1) is 5.56 Å². The summed E-state index contributed by atoms with van der Waals surface area (Å²) in [4.78, 5) is 4.23. The summed E-state index contributed by atoms with van der Waals surface area (Å²) in [5.74, 6) is 0.462. The van der Waals surface area contributed by atoms with E-state index in [2.05, 4.69) is 26.6 Å². The molecule has 3 N–H and O–H groups in total. The molecule has 6 nitrogen and oxygen atoms in total. The van der Waals surface area contributed by atoms with Crippen LogP contribution >= 0.6 is 24.0 Å². The Balaban J connectivity index is 0.00000240. The molecule has 0 saturated heterocycles. The van der Waals surface area contributed by atoms with Crippen molar-refractivity contribution in [2.75, 3.05) is 5.32 Å². The molecule has 1 aromatic carbocycles. The molecule has 154 valence electrons. The maximum Gasteiger partial charge on any atom is 0.417 e. The fraction of sp³-hybridized carbons (Fsp3) is 0.316. The molecule has 1 aliphatic rings. The Morgan fingerprint density at radius 3 is 2.72 bits per heavy atom. The van der Waals surface area contributed by atoms with Gasteiger partial charge in [-0.15, -0.1) is 34.2 Å². The van der Waals surface area contributed by atoms with Crippen LogP contribution in [0, 0.1) is 0 Å². The zero-order valence-electron chi connectivity index (χ0n) is 15.4. The number of fused-ring (bicyclic) bond motifs is 2. The molecule has 2 aromatic heterocycles. The number of anilines is 1. The summed E-state index contributed by atoms with van der Waals surface area (Å²) in [6, 6.07) is 8.30. The molecule has 0 atom stereocenters. The highest BCUT2D eigenvalue weighted by Crippen LogP contribution is 2.29. The normalized spacial score (nSPS) is 14.4. The average Bonchev–Trinajstić information content (AvgIpc) is 3.08. The number of hydrogen-bond acceptors (Lipinski definition) is 3. The number of aromatic nitrogens is 3. The first kappa shape index (κ1) is 21.3. The van der Waals surface area contributed by atoms with E-state index in [0.717, 1.165) is 37.2 Å². The number of nitrogens with two attached hydrogens (primary N) is 1. The van der Waals surface area contributed by atoms with Crippen LogP contribution in [0.5, 0.6) is 0 Å². The number of hydrogen-bond donors (Lipinski definition) is 2. The van der Waals surface area contributed by atoms with Crippen LogP contribution in [0.4, 0.5) is 18.9 Å². The lowest BCUT2D eigenvalue weighted by Gasteiger charge is -2.19. The summed E-state index contributed by atoms with van der Waals surface area (Å²) in [5.41, 5.74) is 9.03. The Kier molecular flexibility index (Phi) is 6.30. The van der Waals surface area contributed by atoms with E-state index in [9.17, 15) is 13.2 Å². The molecular weight excluding hydrogens is 496 g/mol. The quantitative estimate of drug-likeness (QED) is 0.311. The second-order valence-corrected chi connectivity index (χ2v) is 6.74. The number of aliphatic imine (C=N–C) groups is 1. The number of pyridine rings is 1. The minimum atomic E-state index is -4.44. The Morgan fingerprint density at radius 1 is 1.14 bits per heavy atom. The van der Waals surface area contributed by atoms with Crippen LogP contribution in [0.3, 0.4) is 0 Å². The Morgan fingerprint density at radius 2 is 1.93 bits per heavy atom. The van der Waals surface area contributed by atoms with Crippen LogP contribution in [-0.2, 0) is 25.6 Å². The molecule has 29 heavy (non-hydrogen) atoms. The standard InChI is InChI=1S/C19H19F3N6.HI/c20-19(21,22)13-8-9-16-26-27-17(28(16)11-13)10-24-18(23)25-15-7-3-5-12-4-1-2-6-14(12)15;/h3,5,7-9,11H,1-2,4,6,10H2,(H3,23,24,25);1H. The lowest BCUT2D eigenvalue weighted by Crippen LogP contribution is -2.24. The zero-order valence-corrected chi connectivity index (χ0v) is 17.7. The fourth-order valence-corrected chi connectivity index (χ4v) is 3.45. The minimum Gasteiger partial charge on any atom is -0.370 e. The molecule has 0 bridgehead atoms. The minimum absolute atomic E-state index is 0. The summed E-state index contributed by atoms with van der Waals surface area (Å²) in [6.45, 7) is 0.0103. The van der Waals surface area contributed by atoms with E-state index in [1.54, 1.807) is 0 Å². The lowest BCUT2D eigenvalue weighted by atomic mass is 9.90. The van der Waals surface area contributed by atoms with Crippen molar-refractivity contribution in [2.45, 2.75) is 38.4 Å². The SMILES string of the molecule is I.NC(=NCc1nnc2ccc(C(F)(F)F)cn12)Nc1cccc2c1CCCC2. The predicted molar refractivity (Wildman–Crippen MR) is 115 cm³/mol. The fourth-order valence-electron chi connectivity index (χ4n) is 3.45. The third kappa shape index (κ3) is 4.62. The number of nitrogens with one attached hydrogen (secondary N) is 1. The van der Waals surface area contributed by atoms with Gasteiger partial charge in [-0.2, -0.15) is 13.2 Å². The smallest absolute Gasteiger partial charge is 0.370 e. The number of alkyl halides is 3. The number of guanidine groups is 1. The highest BCUT2D eigenvalue weighted by molar-refractivity contribution is 14.0. The highest BCUT2D eigenvalue weighted by atomic mass is 127. The zero-order chi connectivity index (χ0) is 19.7. The van der Waals surface area contributed by atoms with Crippen molar-refractivity contribution >= 4 is 41.3 Å². The molecule has 0 fully saturated rings. The van der Waals surface area contributed by atoms with Gasteiger partial charge in [-0.05, 0) is 55.0 Å². The van der Waals surface area contributed by atoms with Crippen molar-refractivity contribution in [3.8, 4) is 0 Å². The number of nitrogens with zero attached hydrogens (tertiary/aromatic N) is 4. The topological polar surface area (TPSA) is 80.6 Å². The molecule has 10 heteroatoms. The molecule has 0 amide bonds. The summed E-state index contributed by atoms with van der Waals surface area (Å²) in [5, 5.41) is 10.9. The summed E-state index contributed by atoms with van der Waals surface area (Å²) in [6.07, 6.45) is 0.884. The average molecular weight is 516 g/mol. The van der Waals surface area contributed by atoms with Crippen molar-refractivity contribution in [2.24, 2.45) is 10.7 Å². The lowest BCUT2D eigenvalue weighted by molar-refractivity contribution is -0.137. The van der Waals surface area contributed by atoms with Gasteiger partial charge in [-0.3, -0.25) is 4.40 Å². The Hall–Kier alpha value is -2.37. The maximum atomic E-state index is 12.9. The molecule has 0 aliphatic heterocycles. The Bertz CT molecular complexity index is 1040. The second-order valence-electron chi connectivity index (χ2n) is 6.74. The predicted octanol–water partition coefficient (Wildman–Crippen LogP) is 4.17. The van der Waals surface area contributed by atoms with Gasteiger partial charge in [-0.1, -0.05) is 12.1 Å². The summed E-state index contributed by atoms with van der Waals surface area (Å²) in [7, 11) is 0. The number of rotatable bonds is 3. The van der Waals surface area contributed by atoms with Crippen molar-refractivity contribution in [3.05, 3.63) is 59.0 Å². The number of benzene rings is 1. The van der Waals surface area contributed by atoms with Gasteiger partial charge >= 0.3 is 6.18 Å². The van der Waals surface area contributed by atoms with E-state index in [4.69, 9.17) is 5.73 Å². The van der Waals surface area contributed by atoms with E-state index in [0.29, 0.717) is 5.65 Å². The molecule has 4 rings (SSSR count). The van der Waals surface area contributed by atoms with Gasteiger partial charge in [-0.25, -0.2) is 4.99 Å². The third-order valence-electron chi connectivity index (χ3n) is 4.85. The van der Waals surface area contributed by atoms with Crippen LogP contribution in [0.1, 0.15) is 35.4 Å². The van der Waals surface area contributed by atoms with E-state index in [-0.39, 0.29) is 42.3 Å². The molecular formula is C19H20F3IN6. The first-order chi connectivity index (χ1) is 13.4. The maximum absolute atomic E-state index is 12.9. The number of halogens is 4. The van der Waals surface area contributed by atoms with Crippen LogP contribution in [-0.4, -0.2) is 20.6 Å². The first-order valence-corrected chi connectivity index (χ1v) is 9.00. The molecule has 1 aliphatic carbocycles. The van der Waals surface area contributed by atoms with Crippen LogP contribution in [0.2, 0.25) is 0 Å². The second kappa shape index (κ2) is 8.56. The van der Waals surface area contributed by atoms with Gasteiger partial charge in [0, 0.05) is 11.9 Å². The molecule has 0 spiro atoms. The van der Waals surface area contributed by atoms with Crippen molar-refractivity contribution in [1.82, 2.24) is 14.6 Å². The summed E-state index contributed by atoms with van der Waals surface area (Å²) >= 11 is 0. The van der Waals surface area contributed by atoms with Gasteiger partial charge in [0.15, 0.2) is 17.4 Å². The molecule has 3 aromatic rings. The highest BCUT2D eigenvalue weighted by Gasteiger charge is 2.31. The molecule has 0 saturated carbocycles. The van der Waals surface area contributed by atoms with Crippen molar-refractivity contribution in [1.29, 1.82) is 0 Å². The summed E-state index contributed by atoms with van der Waals surface area (Å²) < 4.78 is 40.1. The van der Waals surface area contributed by atoms with Gasteiger partial charge in [0.1, 0.15) is 6.54 Å². The van der Waals surface area contributed by atoms with E-state index >= 15 is 0 Å². The van der Waals surface area contributed by atoms with Crippen LogP contribution < -0.4 is 11.1 Å². The Labute approximate surface area is 182 Å². The molecule has 0 unspecified atom stereocenters. The van der Waals surface area contributed by atoms with Crippen molar-refractivity contribution in [3.63, 3.8) is 0 Å². The third-order valence-corrected chi connectivity index (χ3v) is 4.85. The molecule has 0 radical (unpaired) electrons. The van der Waals surface area contributed by atoms with E-state index < -0.39 is 11.7 Å². The monoisotopic (exact) mass is 516 g/mol. The largest absolute Gasteiger partial charge is 0.417 e. The first-order valence-electron chi connectivity index (χ1n) is 9.00.